The number of anilines is 1. The highest BCUT2D eigenvalue weighted by Crippen LogP contribution is 2.21. The Morgan fingerprint density at radius 2 is 1.81 bits per heavy atom. The Balaban J connectivity index is 1.54. The lowest BCUT2D eigenvalue weighted by Gasteiger charge is -2.21. The molecule has 0 spiro atoms. The molecule has 0 aromatic heterocycles. The van der Waals surface area contributed by atoms with Gasteiger partial charge in [-0.1, -0.05) is 35.9 Å². The quantitative estimate of drug-likeness (QED) is 0.679. The number of hydrogen-bond donors (Lipinski definition) is 3. The second-order valence-electron chi connectivity index (χ2n) is 6.29. The Morgan fingerprint density at radius 3 is 2.56 bits per heavy atom. The van der Waals surface area contributed by atoms with E-state index in [0.29, 0.717) is 11.7 Å². The Bertz CT molecular complexity index is 988. The third-order valence-electron chi connectivity index (χ3n) is 4.56. The van der Waals surface area contributed by atoms with Gasteiger partial charge in [-0.05, 0) is 31.2 Å². The summed E-state index contributed by atoms with van der Waals surface area (Å²) in [7, 11) is 1.66. The molecule has 2 heterocycles. The molecule has 2 aliphatic rings. The molecule has 2 aromatic carbocycles. The average molecular weight is 385 g/mol. The van der Waals surface area contributed by atoms with Crippen LogP contribution in [0.15, 0.2) is 60.4 Å². The Morgan fingerprint density at radius 1 is 1.07 bits per heavy atom. The van der Waals surface area contributed by atoms with Crippen LogP contribution >= 0.6 is 11.6 Å². The van der Waals surface area contributed by atoms with E-state index in [1.54, 1.807) is 7.11 Å². The van der Waals surface area contributed by atoms with Crippen molar-refractivity contribution in [2.75, 3.05) is 18.7 Å². The number of hydrazine groups is 2. The first-order valence-electron chi connectivity index (χ1n) is 8.71. The maximum atomic E-state index is 6.27. The van der Waals surface area contributed by atoms with Crippen LogP contribution in [0.5, 0.6) is 5.75 Å². The summed E-state index contributed by atoms with van der Waals surface area (Å²) in [5, 5.41) is 7.70. The molecule has 1 atom stereocenters. The van der Waals surface area contributed by atoms with Crippen LogP contribution in [0.2, 0.25) is 0 Å². The van der Waals surface area contributed by atoms with Crippen molar-refractivity contribution in [3.05, 3.63) is 70.9 Å². The molecular formula is C20H21ClN4O2. The number of nitrogens with zero attached hydrogens (tertiary/aromatic N) is 1. The molecule has 4 rings (SSSR count). The SMILES string of the molecule is COc1ccc(N2C=C(C(C)OC3=c4ccccc4=C(Cl)NC3)NN2)cc1. The molecule has 2 aromatic rings. The monoisotopic (exact) mass is 384 g/mol. The molecule has 0 bridgehead atoms. The van der Waals surface area contributed by atoms with Crippen LogP contribution in [0, 0.1) is 0 Å². The van der Waals surface area contributed by atoms with Gasteiger partial charge in [0.15, 0.2) is 0 Å². The smallest absolute Gasteiger partial charge is 0.138 e. The zero-order chi connectivity index (χ0) is 18.8. The van der Waals surface area contributed by atoms with Crippen molar-refractivity contribution in [2.24, 2.45) is 0 Å². The van der Waals surface area contributed by atoms with Gasteiger partial charge in [-0.2, -0.15) is 0 Å². The molecule has 2 aliphatic heterocycles. The Hall–Kier alpha value is -2.83. The van der Waals surface area contributed by atoms with Crippen LogP contribution < -0.4 is 36.5 Å². The number of ether oxygens (including phenoxy) is 2. The lowest BCUT2D eigenvalue weighted by molar-refractivity contribution is 0.200. The fraction of sp³-hybridized carbons (Fsp3) is 0.200. The third-order valence-corrected chi connectivity index (χ3v) is 4.90. The minimum absolute atomic E-state index is 0.164. The molecule has 1 unspecified atom stereocenters. The first-order valence-corrected chi connectivity index (χ1v) is 9.09. The maximum absolute atomic E-state index is 6.27. The topological polar surface area (TPSA) is 57.8 Å². The molecule has 3 N–H and O–H groups in total. The van der Waals surface area contributed by atoms with Crippen LogP contribution in [0.4, 0.5) is 5.69 Å². The molecule has 7 heteroatoms. The van der Waals surface area contributed by atoms with Crippen molar-refractivity contribution in [2.45, 2.75) is 13.0 Å². The first kappa shape index (κ1) is 17.6. The molecule has 140 valence electrons. The van der Waals surface area contributed by atoms with E-state index >= 15 is 0 Å². The maximum Gasteiger partial charge on any atom is 0.138 e. The van der Waals surface area contributed by atoms with Gasteiger partial charge in [0, 0.05) is 16.6 Å². The van der Waals surface area contributed by atoms with E-state index < -0.39 is 0 Å². The predicted octanol–water partition coefficient (Wildman–Crippen LogP) is 1.49. The first-order chi connectivity index (χ1) is 13.2. The number of benzene rings is 2. The van der Waals surface area contributed by atoms with E-state index in [1.807, 2.05) is 66.7 Å². The number of halogens is 1. The molecule has 0 amide bonds. The normalized spacial score (nSPS) is 16.9. The summed E-state index contributed by atoms with van der Waals surface area (Å²) in [6.45, 7) is 2.57. The van der Waals surface area contributed by atoms with E-state index in [9.17, 15) is 0 Å². The molecule has 0 radical (unpaired) electrons. The van der Waals surface area contributed by atoms with E-state index in [2.05, 4.69) is 16.3 Å². The highest BCUT2D eigenvalue weighted by Gasteiger charge is 2.21. The molecule has 0 aliphatic carbocycles. The van der Waals surface area contributed by atoms with Gasteiger partial charge in [0.2, 0.25) is 0 Å². The third kappa shape index (κ3) is 3.54. The molecular weight excluding hydrogens is 364 g/mol. The second-order valence-corrected chi connectivity index (χ2v) is 6.66. The predicted molar refractivity (Wildman–Crippen MR) is 107 cm³/mol. The highest BCUT2D eigenvalue weighted by atomic mass is 35.5. The number of hydrogen-bond acceptors (Lipinski definition) is 6. The summed E-state index contributed by atoms with van der Waals surface area (Å²) in [6.07, 6.45) is 1.82. The highest BCUT2D eigenvalue weighted by molar-refractivity contribution is 6.44. The number of methoxy groups -OCH3 is 1. The minimum atomic E-state index is -0.164. The minimum Gasteiger partial charge on any atom is -0.497 e. The van der Waals surface area contributed by atoms with E-state index in [0.717, 1.165) is 33.3 Å². The summed E-state index contributed by atoms with van der Waals surface area (Å²) in [5.74, 6) is 1.69. The van der Waals surface area contributed by atoms with Gasteiger partial charge in [0.1, 0.15) is 22.8 Å². The standard InChI is InChI=1S/C20H21ClN4O2/c1-13(27-19-11-22-20(21)17-6-4-3-5-16(17)19)18-12-25(24-23-18)14-7-9-15(26-2)10-8-14/h3-10,12-13,22-24H,11H2,1-2H3. The van der Waals surface area contributed by atoms with E-state index in [-0.39, 0.29) is 6.10 Å². The summed E-state index contributed by atoms with van der Waals surface area (Å²) in [4.78, 5) is 0. The fourth-order valence-corrected chi connectivity index (χ4v) is 3.30. The fourth-order valence-electron chi connectivity index (χ4n) is 3.06. The van der Waals surface area contributed by atoms with Gasteiger partial charge in [-0.15, -0.1) is 5.53 Å². The number of rotatable bonds is 5. The average Bonchev–Trinajstić information content (AvgIpc) is 3.21. The van der Waals surface area contributed by atoms with E-state index in [4.69, 9.17) is 21.1 Å². The van der Waals surface area contributed by atoms with Crippen molar-refractivity contribution in [3.63, 3.8) is 0 Å². The summed E-state index contributed by atoms with van der Waals surface area (Å²) < 4.78 is 11.4. The van der Waals surface area contributed by atoms with Crippen LogP contribution in [-0.2, 0) is 4.74 Å². The van der Waals surface area contributed by atoms with Gasteiger partial charge >= 0.3 is 0 Å². The molecule has 0 saturated carbocycles. The lowest BCUT2D eigenvalue weighted by atomic mass is 10.2. The van der Waals surface area contributed by atoms with Crippen molar-refractivity contribution < 1.29 is 9.47 Å². The summed E-state index contributed by atoms with van der Waals surface area (Å²) in [5.41, 5.74) is 8.21. The molecule has 27 heavy (non-hydrogen) atoms. The Labute approximate surface area is 162 Å². The van der Waals surface area contributed by atoms with E-state index in [1.165, 1.54) is 0 Å². The Kier molecular flexibility index (Phi) is 4.83. The van der Waals surface area contributed by atoms with Crippen LogP contribution in [0.1, 0.15) is 6.92 Å². The summed E-state index contributed by atoms with van der Waals surface area (Å²) >= 11 is 6.27. The van der Waals surface area contributed by atoms with Crippen molar-refractivity contribution in [1.82, 2.24) is 16.3 Å². The van der Waals surface area contributed by atoms with Crippen LogP contribution in [-0.4, -0.2) is 19.8 Å². The number of nitrogens with one attached hydrogen (secondary N) is 3. The largest absolute Gasteiger partial charge is 0.497 e. The van der Waals surface area contributed by atoms with Crippen molar-refractivity contribution in [3.8, 4) is 5.75 Å². The summed E-state index contributed by atoms with van der Waals surface area (Å²) in [6, 6.07) is 15.8. The molecule has 0 saturated heterocycles. The zero-order valence-electron chi connectivity index (χ0n) is 15.1. The van der Waals surface area contributed by atoms with Crippen molar-refractivity contribution >= 4 is 28.2 Å². The van der Waals surface area contributed by atoms with Gasteiger partial charge in [0.05, 0.1) is 25.0 Å². The molecule has 0 fully saturated rings. The van der Waals surface area contributed by atoms with Crippen LogP contribution in [0.25, 0.3) is 10.9 Å². The van der Waals surface area contributed by atoms with Crippen molar-refractivity contribution in [1.29, 1.82) is 0 Å². The lowest BCUT2D eigenvalue weighted by Crippen LogP contribution is -2.41. The number of fused-ring (bicyclic) bond motifs is 1. The molecule has 6 nitrogen and oxygen atoms in total. The van der Waals surface area contributed by atoms with Gasteiger partial charge in [0.25, 0.3) is 0 Å². The van der Waals surface area contributed by atoms with Gasteiger partial charge in [-0.3, -0.25) is 5.01 Å². The second kappa shape index (κ2) is 7.42. The van der Waals surface area contributed by atoms with Gasteiger partial charge in [-0.25, -0.2) is 0 Å². The zero-order valence-corrected chi connectivity index (χ0v) is 15.9. The van der Waals surface area contributed by atoms with Gasteiger partial charge < -0.3 is 20.2 Å². The van der Waals surface area contributed by atoms with Crippen LogP contribution in [0.3, 0.4) is 0 Å².